The van der Waals surface area contributed by atoms with Gasteiger partial charge < -0.3 is 9.80 Å². The zero-order valence-corrected chi connectivity index (χ0v) is 25.1. The van der Waals surface area contributed by atoms with Gasteiger partial charge in [0.2, 0.25) is 5.91 Å². The highest BCUT2D eigenvalue weighted by Crippen LogP contribution is 2.38. The monoisotopic (exact) mass is 557 g/mol. The van der Waals surface area contributed by atoms with Gasteiger partial charge in [0, 0.05) is 55.6 Å². The number of carbonyl (C=O) groups excluding carboxylic acids is 2. The minimum Gasteiger partial charge on any atom is -0.339 e. The lowest BCUT2D eigenvalue weighted by Crippen LogP contribution is -2.55. The summed E-state index contributed by atoms with van der Waals surface area (Å²) in [5.74, 6) is 0.259. The molecule has 0 N–H and O–H groups in total. The van der Waals surface area contributed by atoms with E-state index in [-0.39, 0.29) is 23.9 Å². The second-order valence-electron chi connectivity index (χ2n) is 11.5. The van der Waals surface area contributed by atoms with Crippen LogP contribution in [0.1, 0.15) is 83.1 Å². The number of hydrogen-bond donors (Lipinski definition) is 0. The van der Waals surface area contributed by atoms with Crippen LogP contribution < -0.4 is 0 Å². The molecule has 6 heteroatoms. The number of nitrogens with zero attached hydrogens (tertiary/aromatic N) is 3. The van der Waals surface area contributed by atoms with Crippen molar-refractivity contribution in [1.29, 1.82) is 0 Å². The molecule has 2 aliphatic rings. The molecule has 0 saturated carbocycles. The first kappa shape index (κ1) is 28.6. The van der Waals surface area contributed by atoms with E-state index in [0.29, 0.717) is 26.1 Å². The lowest BCUT2D eigenvalue weighted by atomic mass is 9.92. The van der Waals surface area contributed by atoms with Gasteiger partial charge in [0.25, 0.3) is 5.91 Å². The number of aryl methyl sites for hydroxylation is 2. The van der Waals surface area contributed by atoms with Gasteiger partial charge in [-0.3, -0.25) is 14.5 Å². The predicted molar refractivity (Wildman–Crippen MR) is 164 cm³/mol. The molecule has 1 saturated heterocycles. The summed E-state index contributed by atoms with van der Waals surface area (Å²) in [6, 6.07) is 19.4. The fraction of sp³-hybridized carbons (Fsp3) is 0.471. The molecule has 0 radical (unpaired) electrons. The summed E-state index contributed by atoms with van der Waals surface area (Å²) in [7, 11) is 0. The first-order valence-corrected chi connectivity index (χ1v) is 15.9. The van der Waals surface area contributed by atoms with Crippen molar-refractivity contribution < 1.29 is 9.59 Å². The van der Waals surface area contributed by atoms with E-state index in [2.05, 4.69) is 73.5 Å². The summed E-state index contributed by atoms with van der Waals surface area (Å²) in [5, 5.41) is 2.20. The van der Waals surface area contributed by atoms with Crippen LogP contribution in [0.5, 0.6) is 0 Å². The van der Waals surface area contributed by atoms with E-state index < -0.39 is 0 Å². The molecule has 3 aromatic rings. The van der Waals surface area contributed by atoms with Crippen molar-refractivity contribution >= 4 is 23.2 Å². The lowest BCUT2D eigenvalue weighted by Gasteiger charge is -2.41. The third-order valence-electron chi connectivity index (χ3n) is 8.58. The molecule has 212 valence electrons. The van der Waals surface area contributed by atoms with Crippen molar-refractivity contribution in [2.45, 2.75) is 71.4 Å². The molecular weight excluding hydrogens is 514 g/mol. The normalized spacial score (nSPS) is 19.5. The van der Waals surface area contributed by atoms with Crippen LogP contribution in [0, 0.1) is 6.92 Å². The molecule has 0 bridgehead atoms. The quantitative estimate of drug-likeness (QED) is 0.282. The molecule has 0 spiro atoms. The number of rotatable bonds is 9. The average molecular weight is 558 g/mol. The molecule has 3 heterocycles. The van der Waals surface area contributed by atoms with Gasteiger partial charge >= 0.3 is 0 Å². The van der Waals surface area contributed by atoms with Crippen LogP contribution in [0.4, 0.5) is 0 Å². The molecule has 2 atom stereocenters. The highest BCUT2D eigenvalue weighted by molar-refractivity contribution is 7.10. The molecule has 1 aromatic heterocycles. The van der Waals surface area contributed by atoms with Crippen LogP contribution in [-0.4, -0.2) is 65.3 Å². The van der Waals surface area contributed by atoms with Crippen molar-refractivity contribution in [3.63, 3.8) is 0 Å². The second-order valence-corrected chi connectivity index (χ2v) is 12.5. The van der Waals surface area contributed by atoms with E-state index in [9.17, 15) is 9.59 Å². The van der Waals surface area contributed by atoms with Crippen molar-refractivity contribution in [3.05, 3.63) is 92.7 Å². The number of amides is 2. The molecular formula is C34H43N3O2S. The van der Waals surface area contributed by atoms with Gasteiger partial charge in [0.15, 0.2) is 0 Å². The first-order valence-electron chi connectivity index (χ1n) is 15.0. The standard InChI is InChI=1S/C34H43N3O2S/c1-4-5-6-7-27-10-14-29(15-11-27)34(39)37-22-21-36(24-26(37)3)32(38)17-20-35-19-16-31-30(18-23-40-31)33(35)28-12-8-25(2)9-13-28/h8-15,18,23,26,33H,4-7,16-17,19-22,24H2,1-3H3. The third-order valence-corrected chi connectivity index (χ3v) is 9.58. The predicted octanol–water partition coefficient (Wildman–Crippen LogP) is 6.50. The van der Waals surface area contributed by atoms with E-state index >= 15 is 0 Å². The third kappa shape index (κ3) is 6.50. The molecule has 1 fully saturated rings. The summed E-state index contributed by atoms with van der Waals surface area (Å²) < 4.78 is 0. The molecule has 2 unspecified atom stereocenters. The Balaban J connectivity index is 1.16. The van der Waals surface area contributed by atoms with Crippen LogP contribution in [0.25, 0.3) is 0 Å². The SMILES string of the molecule is CCCCCc1ccc(C(=O)N2CCN(C(=O)CCN3CCc4sccc4C3c3ccc(C)cc3)CC2C)cc1. The van der Waals surface area contributed by atoms with Gasteiger partial charge in [-0.25, -0.2) is 0 Å². The number of hydrogen-bond acceptors (Lipinski definition) is 4. The Bertz CT molecular complexity index is 1280. The molecule has 2 amide bonds. The Labute approximate surface area is 243 Å². The van der Waals surface area contributed by atoms with Gasteiger partial charge in [0.05, 0.1) is 6.04 Å². The topological polar surface area (TPSA) is 43.9 Å². The summed E-state index contributed by atoms with van der Waals surface area (Å²) in [6.07, 6.45) is 6.25. The number of unbranched alkanes of at least 4 members (excludes halogenated alkanes) is 2. The maximum atomic E-state index is 13.4. The molecule has 5 nitrogen and oxygen atoms in total. The summed E-state index contributed by atoms with van der Waals surface area (Å²) in [6.45, 7) is 9.88. The molecule has 2 aromatic carbocycles. The molecule has 2 aliphatic heterocycles. The fourth-order valence-corrected chi connectivity index (χ4v) is 7.09. The minimum absolute atomic E-state index is 0.00177. The lowest BCUT2D eigenvalue weighted by molar-refractivity contribution is -0.134. The van der Waals surface area contributed by atoms with E-state index in [1.54, 1.807) is 0 Å². The van der Waals surface area contributed by atoms with E-state index in [0.717, 1.165) is 31.5 Å². The van der Waals surface area contributed by atoms with Crippen LogP contribution in [0.15, 0.2) is 60.0 Å². The van der Waals surface area contributed by atoms with Gasteiger partial charge in [-0.1, -0.05) is 61.7 Å². The Morgan fingerprint density at radius 1 is 0.950 bits per heavy atom. The van der Waals surface area contributed by atoms with Crippen molar-refractivity contribution in [2.75, 3.05) is 32.7 Å². The van der Waals surface area contributed by atoms with Crippen LogP contribution in [0.3, 0.4) is 0 Å². The van der Waals surface area contributed by atoms with Crippen molar-refractivity contribution in [3.8, 4) is 0 Å². The maximum Gasteiger partial charge on any atom is 0.254 e. The molecule has 40 heavy (non-hydrogen) atoms. The highest BCUT2D eigenvalue weighted by atomic mass is 32.1. The summed E-state index contributed by atoms with van der Waals surface area (Å²) >= 11 is 1.85. The first-order chi connectivity index (χ1) is 19.4. The number of carbonyl (C=O) groups is 2. The maximum absolute atomic E-state index is 13.4. The van der Waals surface area contributed by atoms with E-state index in [1.165, 1.54) is 46.4 Å². The smallest absolute Gasteiger partial charge is 0.254 e. The van der Waals surface area contributed by atoms with E-state index in [4.69, 9.17) is 0 Å². The Kier molecular flexibility index (Phi) is 9.38. The number of piperazine rings is 1. The van der Waals surface area contributed by atoms with Crippen molar-refractivity contribution in [1.82, 2.24) is 14.7 Å². The second kappa shape index (κ2) is 13.1. The summed E-state index contributed by atoms with van der Waals surface area (Å²) in [5.41, 5.74) is 5.99. The van der Waals surface area contributed by atoms with E-state index in [1.807, 2.05) is 33.3 Å². The molecule has 0 aliphatic carbocycles. The average Bonchev–Trinajstić information content (AvgIpc) is 3.45. The van der Waals surface area contributed by atoms with Gasteiger partial charge in [-0.2, -0.15) is 0 Å². The van der Waals surface area contributed by atoms with Crippen LogP contribution >= 0.6 is 11.3 Å². The van der Waals surface area contributed by atoms with Crippen LogP contribution in [0.2, 0.25) is 0 Å². The van der Waals surface area contributed by atoms with Gasteiger partial charge in [0.1, 0.15) is 0 Å². The minimum atomic E-state index is -0.00177. The zero-order chi connectivity index (χ0) is 28.1. The number of thiophene rings is 1. The summed E-state index contributed by atoms with van der Waals surface area (Å²) in [4.78, 5) is 34.5. The van der Waals surface area contributed by atoms with Gasteiger partial charge in [-0.15, -0.1) is 11.3 Å². The Morgan fingerprint density at radius 2 is 1.73 bits per heavy atom. The number of fused-ring (bicyclic) bond motifs is 1. The number of benzene rings is 2. The fourth-order valence-electron chi connectivity index (χ4n) is 6.19. The Hall–Kier alpha value is -2.96. The zero-order valence-electron chi connectivity index (χ0n) is 24.3. The Morgan fingerprint density at radius 3 is 2.45 bits per heavy atom. The molecule has 5 rings (SSSR count). The highest BCUT2D eigenvalue weighted by Gasteiger charge is 2.33. The van der Waals surface area contributed by atoms with Crippen molar-refractivity contribution in [2.24, 2.45) is 0 Å². The van der Waals surface area contributed by atoms with Crippen LogP contribution in [-0.2, 0) is 17.6 Å². The largest absolute Gasteiger partial charge is 0.339 e. The van der Waals surface area contributed by atoms with Gasteiger partial charge in [-0.05, 0) is 73.4 Å².